The highest BCUT2D eigenvalue weighted by Crippen LogP contribution is 2.38. The average molecular weight is 291 g/mol. The van der Waals surface area contributed by atoms with Gasteiger partial charge in [0.2, 0.25) is 10.0 Å². The molecule has 19 heavy (non-hydrogen) atoms. The van der Waals surface area contributed by atoms with Crippen molar-refractivity contribution in [2.24, 2.45) is 5.41 Å². The SMILES string of the molecule is O=C(O)C1(CNS(=O)(=O)C2CCOCC2)CCCC1. The molecule has 0 unspecified atom stereocenters. The van der Waals surface area contributed by atoms with Crippen LogP contribution in [-0.2, 0) is 19.6 Å². The molecule has 1 heterocycles. The lowest BCUT2D eigenvalue weighted by molar-refractivity contribution is -0.148. The van der Waals surface area contributed by atoms with Gasteiger partial charge in [-0.1, -0.05) is 12.8 Å². The molecule has 2 fully saturated rings. The van der Waals surface area contributed by atoms with E-state index >= 15 is 0 Å². The van der Waals surface area contributed by atoms with Crippen molar-refractivity contribution < 1.29 is 23.1 Å². The summed E-state index contributed by atoms with van der Waals surface area (Å²) in [5, 5.41) is 8.87. The fraction of sp³-hybridized carbons (Fsp3) is 0.917. The quantitative estimate of drug-likeness (QED) is 0.779. The van der Waals surface area contributed by atoms with E-state index in [2.05, 4.69) is 4.72 Å². The Labute approximate surface area is 113 Å². The van der Waals surface area contributed by atoms with Crippen molar-refractivity contribution >= 4 is 16.0 Å². The highest BCUT2D eigenvalue weighted by molar-refractivity contribution is 7.90. The molecule has 0 aromatic rings. The Morgan fingerprint density at radius 3 is 2.37 bits per heavy atom. The van der Waals surface area contributed by atoms with E-state index < -0.39 is 26.7 Å². The molecule has 0 aromatic carbocycles. The van der Waals surface area contributed by atoms with Gasteiger partial charge >= 0.3 is 5.97 Å². The summed E-state index contributed by atoms with van der Waals surface area (Å²) in [5.74, 6) is -0.889. The molecular weight excluding hydrogens is 270 g/mol. The molecule has 0 spiro atoms. The normalized spacial score (nSPS) is 24.4. The van der Waals surface area contributed by atoms with E-state index in [4.69, 9.17) is 4.74 Å². The molecule has 2 aliphatic rings. The number of nitrogens with one attached hydrogen (secondary N) is 1. The van der Waals surface area contributed by atoms with Crippen LogP contribution in [0.3, 0.4) is 0 Å². The number of carboxylic acid groups (broad SMARTS) is 1. The third-order valence-corrected chi connectivity index (χ3v) is 6.13. The second-order valence-electron chi connectivity index (χ2n) is 5.47. The van der Waals surface area contributed by atoms with E-state index in [-0.39, 0.29) is 6.54 Å². The molecule has 1 saturated carbocycles. The van der Waals surface area contributed by atoms with Gasteiger partial charge < -0.3 is 9.84 Å². The van der Waals surface area contributed by atoms with Crippen LogP contribution in [0.4, 0.5) is 0 Å². The average Bonchev–Trinajstić information content (AvgIpc) is 2.88. The number of carboxylic acids is 1. The Bertz CT molecular complexity index is 421. The number of hydrogen-bond donors (Lipinski definition) is 2. The summed E-state index contributed by atoms with van der Waals surface area (Å²) >= 11 is 0. The molecule has 2 rings (SSSR count). The van der Waals surface area contributed by atoms with Gasteiger partial charge in [-0.15, -0.1) is 0 Å². The van der Waals surface area contributed by atoms with Crippen molar-refractivity contribution in [1.82, 2.24) is 4.72 Å². The maximum Gasteiger partial charge on any atom is 0.310 e. The highest BCUT2D eigenvalue weighted by atomic mass is 32.2. The Kier molecular flexibility index (Phi) is 4.47. The Morgan fingerprint density at radius 1 is 1.26 bits per heavy atom. The van der Waals surface area contributed by atoms with Crippen LogP contribution in [0.1, 0.15) is 38.5 Å². The molecule has 0 amide bonds. The summed E-state index contributed by atoms with van der Waals surface area (Å²) in [6, 6.07) is 0. The number of ether oxygens (including phenoxy) is 1. The molecule has 2 N–H and O–H groups in total. The number of hydrogen-bond acceptors (Lipinski definition) is 4. The molecule has 7 heteroatoms. The summed E-state index contributed by atoms with van der Waals surface area (Å²) in [6.07, 6.45) is 3.78. The molecule has 0 aromatic heterocycles. The predicted molar refractivity (Wildman–Crippen MR) is 69.3 cm³/mol. The van der Waals surface area contributed by atoms with Crippen molar-refractivity contribution in [3.8, 4) is 0 Å². The molecule has 6 nitrogen and oxygen atoms in total. The number of rotatable bonds is 5. The predicted octanol–water partition coefficient (Wildman–Crippen LogP) is 0.730. The molecule has 0 bridgehead atoms. The monoisotopic (exact) mass is 291 g/mol. The number of aliphatic carboxylic acids is 1. The van der Waals surface area contributed by atoms with Crippen molar-refractivity contribution in [2.75, 3.05) is 19.8 Å². The maximum atomic E-state index is 12.1. The molecule has 1 aliphatic carbocycles. The molecule has 1 aliphatic heterocycles. The third kappa shape index (κ3) is 3.27. The fourth-order valence-electron chi connectivity index (χ4n) is 2.86. The van der Waals surface area contributed by atoms with Crippen LogP contribution < -0.4 is 4.72 Å². The van der Waals surface area contributed by atoms with Crippen LogP contribution in [0.2, 0.25) is 0 Å². The van der Waals surface area contributed by atoms with Gasteiger partial charge in [0.1, 0.15) is 0 Å². The van der Waals surface area contributed by atoms with Crippen molar-refractivity contribution in [3.05, 3.63) is 0 Å². The van der Waals surface area contributed by atoms with Gasteiger partial charge in [-0.25, -0.2) is 13.1 Å². The lowest BCUT2D eigenvalue weighted by Crippen LogP contribution is -2.45. The molecule has 0 radical (unpaired) electrons. The summed E-state index contributed by atoms with van der Waals surface area (Å²) in [6.45, 7) is 0.924. The van der Waals surface area contributed by atoms with Crippen LogP contribution in [0.25, 0.3) is 0 Å². The van der Waals surface area contributed by atoms with Crippen molar-refractivity contribution in [3.63, 3.8) is 0 Å². The van der Waals surface area contributed by atoms with Gasteiger partial charge in [-0.05, 0) is 25.7 Å². The molecular formula is C12H21NO5S. The Morgan fingerprint density at radius 2 is 1.84 bits per heavy atom. The standard InChI is InChI=1S/C12H21NO5S/c14-11(15)12(5-1-2-6-12)9-13-19(16,17)10-3-7-18-8-4-10/h10,13H,1-9H2,(H,14,15). The van der Waals surface area contributed by atoms with Crippen LogP contribution in [-0.4, -0.2) is 44.5 Å². The van der Waals surface area contributed by atoms with Gasteiger partial charge in [-0.2, -0.15) is 0 Å². The van der Waals surface area contributed by atoms with E-state index in [0.29, 0.717) is 38.9 Å². The Balaban J connectivity index is 1.98. The first-order valence-corrected chi connectivity index (χ1v) is 8.31. The second-order valence-corrected chi connectivity index (χ2v) is 7.52. The first-order chi connectivity index (χ1) is 8.96. The topological polar surface area (TPSA) is 92.7 Å². The first-order valence-electron chi connectivity index (χ1n) is 6.76. The smallest absolute Gasteiger partial charge is 0.310 e. The van der Waals surface area contributed by atoms with Crippen molar-refractivity contribution in [2.45, 2.75) is 43.8 Å². The summed E-state index contributed by atoms with van der Waals surface area (Å²) in [5.41, 5.74) is -0.905. The van der Waals surface area contributed by atoms with E-state index in [1.54, 1.807) is 0 Å². The van der Waals surface area contributed by atoms with Gasteiger partial charge in [0.25, 0.3) is 0 Å². The zero-order chi connectivity index (χ0) is 13.9. The Hall–Kier alpha value is -0.660. The minimum Gasteiger partial charge on any atom is -0.481 e. The van der Waals surface area contributed by atoms with E-state index in [1.165, 1.54) is 0 Å². The molecule has 0 atom stereocenters. The first kappa shape index (κ1) is 14.7. The van der Waals surface area contributed by atoms with Gasteiger partial charge in [0.05, 0.1) is 10.7 Å². The zero-order valence-corrected chi connectivity index (χ0v) is 11.7. The fourth-order valence-corrected chi connectivity index (χ4v) is 4.39. The van der Waals surface area contributed by atoms with Crippen LogP contribution in [0.15, 0.2) is 0 Å². The minimum atomic E-state index is -3.44. The largest absolute Gasteiger partial charge is 0.481 e. The highest BCUT2D eigenvalue weighted by Gasteiger charge is 2.42. The van der Waals surface area contributed by atoms with Gasteiger partial charge in [-0.3, -0.25) is 4.79 Å². The zero-order valence-electron chi connectivity index (χ0n) is 10.9. The van der Waals surface area contributed by atoms with Crippen LogP contribution in [0.5, 0.6) is 0 Å². The van der Waals surface area contributed by atoms with Gasteiger partial charge in [0, 0.05) is 19.8 Å². The second kappa shape index (κ2) is 5.76. The van der Waals surface area contributed by atoms with Crippen LogP contribution >= 0.6 is 0 Å². The van der Waals surface area contributed by atoms with E-state index in [1.807, 2.05) is 0 Å². The van der Waals surface area contributed by atoms with Crippen LogP contribution in [0, 0.1) is 5.41 Å². The number of carbonyl (C=O) groups is 1. The minimum absolute atomic E-state index is 0.0159. The van der Waals surface area contributed by atoms with Crippen molar-refractivity contribution in [1.29, 1.82) is 0 Å². The molecule has 1 saturated heterocycles. The summed E-state index contributed by atoms with van der Waals surface area (Å²) in [4.78, 5) is 11.4. The van der Waals surface area contributed by atoms with E-state index in [9.17, 15) is 18.3 Å². The lowest BCUT2D eigenvalue weighted by atomic mass is 9.87. The number of sulfonamides is 1. The summed E-state index contributed by atoms with van der Waals surface area (Å²) in [7, 11) is -3.44. The third-order valence-electron chi connectivity index (χ3n) is 4.23. The summed E-state index contributed by atoms with van der Waals surface area (Å²) < 4.78 is 32.0. The van der Waals surface area contributed by atoms with E-state index in [0.717, 1.165) is 12.8 Å². The maximum absolute atomic E-state index is 12.1. The van der Waals surface area contributed by atoms with Gasteiger partial charge in [0.15, 0.2) is 0 Å². The molecule has 110 valence electrons. The lowest BCUT2D eigenvalue weighted by Gasteiger charge is -2.27.